The smallest absolute Gasteiger partial charge is 0.196 e. The Labute approximate surface area is 152 Å². The molecular formula is C20H22N4S. The lowest BCUT2D eigenvalue weighted by atomic mass is 10.1. The number of hydrogen-bond donors (Lipinski definition) is 2. The molecule has 0 saturated heterocycles. The highest BCUT2D eigenvalue weighted by Gasteiger charge is 2.04. The Morgan fingerprint density at radius 3 is 2.48 bits per heavy atom. The van der Waals surface area contributed by atoms with E-state index in [2.05, 4.69) is 46.8 Å². The SMILES string of the molecule is Cc1ccc(CN=C(NCc2scnc2C)Nc2ccccc2)cc1. The summed E-state index contributed by atoms with van der Waals surface area (Å²) in [6.07, 6.45) is 0. The number of aliphatic imine (C=N–C) groups is 1. The van der Waals surface area contributed by atoms with Gasteiger partial charge in [0.25, 0.3) is 0 Å². The van der Waals surface area contributed by atoms with Gasteiger partial charge in [-0.1, -0.05) is 48.0 Å². The van der Waals surface area contributed by atoms with Crippen molar-refractivity contribution in [1.29, 1.82) is 0 Å². The van der Waals surface area contributed by atoms with Crippen LogP contribution in [0.1, 0.15) is 21.7 Å². The topological polar surface area (TPSA) is 49.3 Å². The summed E-state index contributed by atoms with van der Waals surface area (Å²) < 4.78 is 0. The largest absolute Gasteiger partial charge is 0.351 e. The first kappa shape index (κ1) is 17.2. The van der Waals surface area contributed by atoms with Crippen LogP contribution < -0.4 is 10.6 Å². The maximum Gasteiger partial charge on any atom is 0.196 e. The maximum atomic E-state index is 4.73. The highest BCUT2D eigenvalue weighted by Crippen LogP contribution is 2.12. The zero-order chi connectivity index (χ0) is 17.5. The van der Waals surface area contributed by atoms with Gasteiger partial charge in [0.05, 0.1) is 24.3 Å². The number of hydrogen-bond acceptors (Lipinski definition) is 3. The zero-order valence-electron chi connectivity index (χ0n) is 14.5. The number of nitrogens with one attached hydrogen (secondary N) is 2. The van der Waals surface area contributed by atoms with Crippen LogP contribution in [0.25, 0.3) is 0 Å². The maximum absolute atomic E-state index is 4.73. The van der Waals surface area contributed by atoms with E-state index in [1.54, 1.807) is 11.3 Å². The number of aryl methyl sites for hydroxylation is 2. The first-order chi connectivity index (χ1) is 12.2. The normalized spacial score (nSPS) is 11.4. The predicted molar refractivity (Wildman–Crippen MR) is 106 cm³/mol. The molecule has 2 N–H and O–H groups in total. The Kier molecular flexibility index (Phi) is 5.80. The molecule has 25 heavy (non-hydrogen) atoms. The molecule has 1 aromatic heterocycles. The second kappa shape index (κ2) is 8.44. The van der Waals surface area contributed by atoms with E-state index in [0.717, 1.165) is 17.3 Å². The van der Waals surface area contributed by atoms with Gasteiger partial charge in [-0.2, -0.15) is 0 Å². The fourth-order valence-electron chi connectivity index (χ4n) is 2.32. The summed E-state index contributed by atoms with van der Waals surface area (Å²) >= 11 is 1.66. The highest BCUT2D eigenvalue weighted by atomic mass is 32.1. The number of rotatable bonds is 5. The van der Waals surface area contributed by atoms with Gasteiger partial charge in [-0.05, 0) is 31.5 Å². The van der Waals surface area contributed by atoms with Gasteiger partial charge in [0.15, 0.2) is 5.96 Å². The van der Waals surface area contributed by atoms with E-state index in [9.17, 15) is 0 Å². The Hall–Kier alpha value is -2.66. The molecule has 0 atom stereocenters. The average molecular weight is 350 g/mol. The lowest BCUT2D eigenvalue weighted by Crippen LogP contribution is -2.30. The minimum atomic E-state index is 0.629. The summed E-state index contributed by atoms with van der Waals surface area (Å²) in [6, 6.07) is 18.5. The molecule has 128 valence electrons. The van der Waals surface area contributed by atoms with Crippen LogP contribution in [0.5, 0.6) is 0 Å². The molecule has 0 radical (unpaired) electrons. The zero-order valence-corrected chi connectivity index (χ0v) is 15.3. The second-order valence-corrected chi connectivity index (χ2v) is 6.80. The van der Waals surface area contributed by atoms with Gasteiger partial charge in [-0.15, -0.1) is 11.3 Å². The summed E-state index contributed by atoms with van der Waals surface area (Å²) in [6.45, 7) is 5.46. The number of benzene rings is 2. The summed E-state index contributed by atoms with van der Waals surface area (Å²) in [5.74, 6) is 0.763. The van der Waals surface area contributed by atoms with E-state index < -0.39 is 0 Å². The number of nitrogens with zero attached hydrogens (tertiary/aromatic N) is 2. The number of thiazole rings is 1. The molecule has 3 aromatic rings. The molecule has 0 fully saturated rings. The van der Waals surface area contributed by atoms with Crippen LogP contribution in [0.15, 0.2) is 65.1 Å². The molecule has 0 spiro atoms. The Balaban J connectivity index is 1.71. The third-order valence-electron chi connectivity index (χ3n) is 3.84. The van der Waals surface area contributed by atoms with E-state index in [0.29, 0.717) is 13.1 Å². The predicted octanol–water partition coefficient (Wildman–Crippen LogP) is 4.52. The first-order valence-electron chi connectivity index (χ1n) is 8.25. The summed E-state index contributed by atoms with van der Waals surface area (Å²) in [4.78, 5) is 10.2. The van der Waals surface area contributed by atoms with Crippen molar-refractivity contribution in [3.05, 3.63) is 81.8 Å². The summed E-state index contributed by atoms with van der Waals surface area (Å²) in [5, 5.41) is 6.77. The second-order valence-electron chi connectivity index (χ2n) is 5.86. The minimum Gasteiger partial charge on any atom is -0.351 e. The number of guanidine groups is 1. The Bertz CT molecular complexity index is 822. The van der Waals surface area contributed by atoms with Crippen molar-refractivity contribution in [2.45, 2.75) is 26.9 Å². The molecule has 0 aliphatic rings. The quantitative estimate of drug-likeness (QED) is 0.525. The van der Waals surface area contributed by atoms with E-state index >= 15 is 0 Å². The van der Waals surface area contributed by atoms with E-state index in [-0.39, 0.29) is 0 Å². The molecule has 5 heteroatoms. The van der Waals surface area contributed by atoms with Crippen molar-refractivity contribution < 1.29 is 0 Å². The third kappa shape index (κ3) is 5.16. The Morgan fingerprint density at radius 2 is 1.80 bits per heavy atom. The van der Waals surface area contributed by atoms with E-state index in [4.69, 9.17) is 4.99 Å². The van der Waals surface area contributed by atoms with Crippen LogP contribution in [0.3, 0.4) is 0 Å². The monoisotopic (exact) mass is 350 g/mol. The molecule has 0 bridgehead atoms. The number of anilines is 1. The molecule has 0 unspecified atom stereocenters. The van der Waals surface area contributed by atoms with Gasteiger partial charge in [-0.25, -0.2) is 9.98 Å². The standard InChI is InChI=1S/C20H22N4S/c1-15-8-10-17(11-9-15)12-21-20(24-18-6-4-3-5-7-18)22-13-19-16(2)23-14-25-19/h3-11,14H,12-13H2,1-2H3,(H2,21,22,24). The van der Waals surface area contributed by atoms with Crippen LogP contribution >= 0.6 is 11.3 Å². The van der Waals surface area contributed by atoms with Crippen LogP contribution in [0.4, 0.5) is 5.69 Å². The third-order valence-corrected chi connectivity index (χ3v) is 4.77. The van der Waals surface area contributed by atoms with Crippen LogP contribution in [0, 0.1) is 13.8 Å². The summed E-state index contributed by atoms with van der Waals surface area (Å²) in [7, 11) is 0. The lowest BCUT2D eigenvalue weighted by molar-refractivity contribution is 0.896. The number of para-hydroxylation sites is 1. The number of aromatic nitrogens is 1. The molecule has 0 aliphatic carbocycles. The molecule has 3 rings (SSSR count). The minimum absolute atomic E-state index is 0.629. The molecule has 2 aromatic carbocycles. The molecule has 1 heterocycles. The molecule has 0 amide bonds. The van der Waals surface area contributed by atoms with Gasteiger partial charge < -0.3 is 10.6 Å². The van der Waals surface area contributed by atoms with Crippen molar-refractivity contribution in [3.63, 3.8) is 0 Å². The fourth-order valence-corrected chi connectivity index (χ4v) is 3.04. The lowest BCUT2D eigenvalue weighted by Gasteiger charge is -2.12. The van der Waals surface area contributed by atoms with Gasteiger partial charge in [0, 0.05) is 10.6 Å². The van der Waals surface area contributed by atoms with E-state index in [1.807, 2.05) is 42.8 Å². The molecule has 4 nitrogen and oxygen atoms in total. The first-order valence-corrected chi connectivity index (χ1v) is 9.13. The molecular weight excluding hydrogens is 328 g/mol. The van der Waals surface area contributed by atoms with Crippen molar-refractivity contribution in [1.82, 2.24) is 10.3 Å². The van der Waals surface area contributed by atoms with Crippen molar-refractivity contribution in [3.8, 4) is 0 Å². The van der Waals surface area contributed by atoms with Gasteiger partial charge in [-0.3, -0.25) is 0 Å². The summed E-state index contributed by atoms with van der Waals surface area (Å²) in [5.41, 5.74) is 6.40. The highest BCUT2D eigenvalue weighted by molar-refractivity contribution is 7.09. The molecule has 0 aliphatic heterocycles. The van der Waals surface area contributed by atoms with Crippen molar-refractivity contribution in [2.75, 3.05) is 5.32 Å². The van der Waals surface area contributed by atoms with Crippen LogP contribution in [-0.4, -0.2) is 10.9 Å². The average Bonchev–Trinajstić information content (AvgIpc) is 3.04. The van der Waals surface area contributed by atoms with Gasteiger partial charge >= 0.3 is 0 Å². The molecule has 0 saturated carbocycles. The van der Waals surface area contributed by atoms with Crippen LogP contribution in [-0.2, 0) is 13.1 Å². The van der Waals surface area contributed by atoms with Gasteiger partial charge in [0.2, 0.25) is 0 Å². The van der Waals surface area contributed by atoms with Crippen molar-refractivity contribution in [2.24, 2.45) is 4.99 Å². The van der Waals surface area contributed by atoms with E-state index in [1.165, 1.54) is 16.0 Å². The fraction of sp³-hybridized carbons (Fsp3) is 0.200. The van der Waals surface area contributed by atoms with Crippen molar-refractivity contribution >= 4 is 23.0 Å². The Morgan fingerprint density at radius 1 is 1.04 bits per heavy atom. The van der Waals surface area contributed by atoms with Gasteiger partial charge in [0.1, 0.15) is 0 Å². The van der Waals surface area contributed by atoms with Crippen LogP contribution in [0.2, 0.25) is 0 Å².